The first-order valence-corrected chi connectivity index (χ1v) is 35.5. The van der Waals surface area contributed by atoms with Crippen LogP contribution < -0.4 is 0 Å². The van der Waals surface area contributed by atoms with Crippen LogP contribution in [0.5, 0.6) is 0 Å². The van der Waals surface area contributed by atoms with Crippen LogP contribution in [0.4, 0.5) is 0 Å². The zero-order valence-electron chi connectivity index (χ0n) is 53.4. The number of hydrogen-bond acceptors (Lipinski definition) is 6. The van der Waals surface area contributed by atoms with Crippen LogP contribution in [0.1, 0.15) is 393 Å². The summed E-state index contributed by atoms with van der Waals surface area (Å²) < 4.78 is 16.8. The molecule has 1 atom stereocenters. The zero-order chi connectivity index (χ0) is 57.1. The van der Waals surface area contributed by atoms with Gasteiger partial charge in [0.05, 0.1) is 0 Å². The largest absolute Gasteiger partial charge is 0.462 e. The van der Waals surface area contributed by atoms with E-state index in [2.05, 4.69) is 57.2 Å². The monoisotopic (exact) mass is 1110 g/mol. The van der Waals surface area contributed by atoms with Gasteiger partial charge in [-0.2, -0.15) is 0 Å². The van der Waals surface area contributed by atoms with Gasteiger partial charge in [-0.15, -0.1) is 0 Å². The van der Waals surface area contributed by atoms with E-state index in [0.29, 0.717) is 19.3 Å². The smallest absolute Gasteiger partial charge is 0.306 e. The summed E-state index contributed by atoms with van der Waals surface area (Å²) in [5.41, 5.74) is 0. The second kappa shape index (κ2) is 68.1. The van der Waals surface area contributed by atoms with E-state index in [0.717, 1.165) is 77.0 Å². The van der Waals surface area contributed by atoms with Crippen LogP contribution in [0.3, 0.4) is 0 Å². The van der Waals surface area contributed by atoms with E-state index in [-0.39, 0.29) is 31.1 Å². The Morgan fingerprint density at radius 2 is 0.456 bits per heavy atom. The van der Waals surface area contributed by atoms with Gasteiger partial charge in [0.15, 0.2) is 6.10 Å². The van der Waals surface area contributed by atoms with Crippen LogP contribution in [0, 0.1) is 0 Å². The third-order valence-corrected chi connectivity index (χ3v) is 16.1. The van der Waals surface area contributed by atoms with Gasteiger partial charge in [0.1, 0.15) is 13.2 Å². The summed E-state index contributed by atoms with van der Waals surface area (Å²) in [7, 11) is 0. The van der Waals surface area contributed by atoms with Crippen molar-refractivity contribution in [2.45, 2.75) is 399 Å². The van der Waals surface area contributed by atoms with Gasteiger partial charge in [-0.05, 0) is 57.8 Å². The minimum atomic E-state index is -0.765. The summed E-state index contributed by atoms with van der Waals surface area (Å²) in [5, 5.41) is 0. The second-order valence-corrected chi connectivity index (χ2v) is 24.2. The molecule has 0 rings (SSSR count). The molecule has 0 saturated carbocycles. The molecule has 6 heteroatoms. The van der Waals surface area contributed by atoms with E-state index in [1.165, 1.54) is 276 Å². The molecule has 0 amide bonds. The van der Waals surface area contributed by atoms with Crippen molar-refractivity contribution in [2.75, 3.05) is 13.2 Å². The molecule has 0 saturated heterocycles. The predicted octanol–water partition coefficient (Wildman–Crippen LogP) is 24.3. The molecule has 79 heavy (non-hydrogen) atoms. The fourth-order valence-electron chi connectivity index (χ4n) is 10.8. The molecule has 0 aromatic carbocycles. The standard InChI is InChI=1S/C73H136O6/c1-4-7-10-13-15-17-19-21-23-25-27-29-31-33-34-35-36-37-38-40-41-43-45-47-49-51-53-55-57-60-63-66-72(75)78-69-70(68-77-71(74)65-62-59-12-9-6-3)79-73(76)67-64-61-58-56-54-52-50-48-46-44-42-39-32-30-28-26-24-22-20-18-16-14-11-8-5-2/h19,21,25,27,31,33,70H,4-18,20,22-24,26,28-30,32,34-69H2,1-3H3/b21-19-,27-25-,33-31-. The Kier molecular flexibility index (Phi) is 66.1. The summed E-state index contributed by atoms with van der Waals surface area (Å²) in [6, 6.07) is 0. The molecular weight excluding hydrogens is 973 g/mol. The van der Waals surface area contributed by atoms with Crippen molar-refractivity contribution in [3.63, 3.8) is 0 Å². The van der Waals surface area contributed by atoms with Gasteiger partial charge >= 0.3 is 17.9 Å². The van der Waals surface area contributed by atoms with E-state index in [4.69, 9.17) is 14.2 Å². The highest BCUT2D eigenvalue weighted by Crippen LogP contribution is 2.19. The molecule has 1 unspecified atom stereocenters. The molecule has 0 aliphatic heterocycles. The fourth-order valence-corrected chi connectivity index (χ4v) is 10.8. The number of rotatable bonds is 66. The first kappa shape index (κ1) is 76.6. The molecule has 0 radical (unpaired) electrons. The normalized spacial score (nSPS) is 12.2. The number of allylic oxidation sites excluding steroid dienone is 6. The number of carbonyl (C=O) groups is 3. The molecule has 464 valence electrons. The van der Waals surface area contributed by atoms with Crippen molar-refractivity contribution < 1.29 is 28.6 Å². The quantitative estimate of drug-likeness (QED) is 0.0261. The number of carbonyl (C=O) groups excluding carboxylic acids is 3. The van der Waals surface area contributed by atoms with Crippen LogP contribution in [0.15, 0.2) is 36.5 Å². The Morgan fingerprint density at radius 3 is 0.709 bits per heavy atom. The summed E-state index contributed by atoms with van der Waals surface area (Å²) >= 11 is 0. The van der Waals surface area contributed by atoms with E-state index >= 15 is 0 Å². The Morgan fingerprint density at radius 1 is 0.253 bits per heavy atom. The summed E-state index contributed by atoms with van der Waals surface area (Å²) in [4.78, 5) is 38.0. The van der Waals surface area contributed by atoms with E-state index in [1.54, 1.807) is 0 Å². The van der Waals surface area contributed by atoms with Crippen LogP contribution in [0.2, 0.25) is 0 Å². The van der Waals surface area contributed by atoms with Crippen LogP contribution in [0.25, 0.3) is 0 Å². The predicted molar refractivity (Wildman–Crippen MR) is 344 cm³/mol. The van der Waals surface area contributed by atoms with Crippen molar-refractivity contribution in [3.05, 3.63) is 36.5 Å². The summed E-state index contributed by atoms with van der Waals surface area (Å²) in [6.45, 7) is 6.62. The van der Waals surface area contributed by atoms with Crippen LogP contribution >= 0.6 is 0 Å². The average molecular weight is 1110 g/mol. The minimum Gasteiger partial charge on any atom is -0.462 e. The highest BCUT2D eigenvalue weighted by molar-refractivity contribution is 5.71. The Labute approximate surface area is 493 Å². The summed E-state index contributed by atoms with van der Waals surface area (Å²) in [5.74, 6) is -0.854. The maximum absolute atomic E-state index is 12.9. The molecule has 0 spiro atoms. The molecule has 0 aliphatic carbocycles. The molecule has 0 bridgehead atoms. The second-order valence-electron chi connectivity index (χ2n) is 24.2. The van der Waals surface area contributed by atoms with Crippen molar-refractivity contribution in [3.8, 4) is 0 Å². The molecular formula is C73H136O6. The van der Waals surface area contributed by atoms with Crippen molar-refractivity contribution in [1.29, 1.82) is 0 Å². The van der Waals surface area contributed by atoms with Crippen molar-refractivity contribution in [2.24, 2.45) is 0 Å². The fraction of sp³-hybridized carbons (Fsp3) is 0.877. The number of ether oxygens (including phenoxy) is 3. The minimum absolute atomic E-state index is 0.0668. The van der Waals surface area contributed by atoms with Gasteiger partial charge in [0, 0.05) is 19.3 Å². The van der Waals surface area contributed by atoms with Gasteiger partial charge in [-0.3, -0.25) is 14.4 Å². The number of hydrogen-bond donors (Lipinski definition) is 0. The first-order valence-electron chi connectivity index (χ1n) is 35.5. The van der Waals surface area contributed by atoms with Crippen molar-refractivity contribution >= 4 is 17.9 Å². The SMILES string of the molecule is CCCCCCC/C=C\C/C=C\C/C=C\CCCCCCCCCCCCCCCCCCC(=O)OCC(COC(=O)CCCCCCC)OC(=O)CCCCCCCCCCCCCCCCCCCCCCCCCCC. The first-order chi connectivity index (χ1) is 39.0. The van der Waals surface area contributed by atoms with E-state index < -0.39 is 6.10 Å². The lowest BCUT2D eigenvalue weighted by atomic mass is 10.0. The third-order valence-electron chi connectivity index (χ3n) is 16.1. The molecule has 0 heterocycles. The molecule has 0 N–H and O–H groups in total. The lowest BCUT2D eigenvalue weighted by molar-refractivity contribution is -0.167. The van der Waals surface area contributed by atoms with Gasteiger partial charge < -0.3 is 14.2 Å². The molecule has 0 aromatic rings. The highest BCUT2D eigenvalue weighted by atomic mass is 16.6. The summed E-state index contributed by atoms with van der Waals surface area (Å²) in [6.07, 6.45) is 85.2. The number of unbranched alkanes of at least 4 members (excludes halogenated alkanes) is 49. The number of esters is 3. The van der Waals surface area contributed by atoms with E-state index in [1.807, 2.05) is 0 Å². The Bertz CT molecular complexity index is 1320. The lowest BCUT2D eigenvalue weighted by Crippen LogP contribution is -2.30. The maximum Gasteiger partial charge on any atom is 0.306 e. The van der Waals surface area contributed by atoms with Gasteiger partial charge in [0.2, 0.25) is 0 Å². The zero-order valence-corrected chi connectivity index (χ0v) is 53.4. The third kappa shape index (κ3) is 66.3. The molecule has 0 aliphatic rings. The molecule has 0 aromatic heterocycles. The van der Waals surface area contributed by atoms with Gasteiger partial charge in [-0.25, -0.2) is 0 Å². The Hall–Kier alpha value is -2.37. The van der Waals surface area contributed by atoms with Gasteiger partial charge in [-0.1, -0.05) is 353 Å². The Balaban J connectivity index is 3.92. The van der Waals surface area contributed by atoms with Crippen LogP contribution in [-0.4, -0.2) is 37.2 Å². The molecule has 6 nitrogen and oxygen atoms in total. The molecule has 0 fully saturated rings. The highest BCUT2D eigenvalue weighted by Gasteiger charge is 2.19. The van der Waals surface area contributed by atoms with E-state index in [9.17, 15) is 14.4 Å². The topological polar surface area (TPSA) is 78.9 Å². The van der Waals surface area contributed by atoms with Gasteiger partial charge in [0.25, 0.3) is 0 Å². The lowest BCUT2D eigenvalue weighted by Gasteiger charge is -2.18. The average Bonchev–Trinajstić information content (AvgIpc) is 3.45. The maximum atomic E-state index is 12.9. The van der Waals surface area contributed by atoms with Crippen molar-refractivity contribution in [1.82, 2.24) is 0 Å². The van der Waals surface area contributed by atoms with Crippen LogP contribution in [-0.2, 0) is 28.6 Å².